The number of halogens is 3. The summed E-state index contributed by atoms with van der Waals surface area (Å²) in [4.78, 5) is 62.3. The fourth-order valence-corrected chi connectivity index (χ4v) is 12.9. The maximum atomic E-state index is 16.9. The van der Waals surface area contributed by atoms with Gasteiger partial charge in [0, 0.05) is 99.1 Å². The Labute approximate surface area is 415 Å². The van der Waals surface area contributed by atoms with Gasteiger partial charge in [-0.15, -0.1) is 0 Å². The number of nitrogens with one attached hydrogen (secondary N) is 1. The molecular weight excluding hydrogens is 928 g/mol. The number of ether oxygens (including phenoxy) is 1. The molecule has 3 amide bonds. The Hall–Kier alpha value is -6.11. The van der Waals surface area contributed by atoms with Gasteiger partial charge in [-0.3, -0.25) is 29.6 Å². The summed E-state index contributed by atoms with van der Waals surface area (Å²) in [6, 6.07) is 10.1. The number of aromatic nitrogens is 3. The lowest BCUT2D eigenvalue weighted by Crippen LogP contribution is -2.53. The highest BCUT2D eigenvalue weighted by Gasteiger charge is 2.50. The highest BCUT2D eigenvalue weighted by molar-refractivity contribution is 6.05. The molecule has 6 fully saturated rings. The number of hydrogen-bond acceptors (Lipinski definition) is 13. The number of imide groups is 1. The number of phenolic OH excluding ortho intramolecular Hbond substituents is 1. The Balaban J connectivity index is 0.656. The quantitative estimate of drug-likeness (QED) is 0.122. The van der Waals surface area contributed by atoms with Crippen molar-refractivity contribution in [2.24, 2.45) is 16.7 Å². The standard InChI is InChI=1S/C54H60F3N9O6/c1-52(71)9-2-14-65(29-52)48-39-26-58-46(38-23-36(67)22-33-3-6-40(55)44(56)43(33)38)45(57)47(39)60-51(61-48)72-31-54(10-11-54)30-63-15-12-53(13-16-63)24-32(25-53)27-62-17-19-64(20-18-62)35-4-5-37-34(21-35)28-66(50(37)70)41-7-8-42(68)59-49(41)69/h3-6,21-23,26,32,41,67,71H,2,7-20,24-25,27-31H2,1H3,(H,59,68,69)/t41-,52+/m0/s1. The molecule has 18 heteroatoms. The number of hydrogen-bond donors (Lipinski definition) is 3. The first-order valence-corrected chi connectivity index (χ1v) is 25.7. The van der Waals surface area contributed by atoms with Crippen molar-refractivity contribution in [1.29, 1.82) is 0 Å². The van der Waals surface area contributed by atoms with E-state index in [1.807, 2.05) is 17.0 Å². The molecule has 12 rings (SSSR count). The lowest BCUT2D eigenvalue weighted by atomic mass is 9.57. The van der Waals surface area contributed by atoms with Crippen LogP contribution in [0, 0.1) is 34.2 Å². The molecule has 72 heavy (non-hydrogen) atoms. The molecule has 2 aromatic heterocycles. The van der Waals surface area contributed by atoms with Crippen molar-refractivity contribution < 1.29 is 42.5 Å². The molecule has 5 aromatic rings. The minimum Gasteiger partial charge on any atom is -0.508 e. The number of carbonyl (C=O) groups is 3. The summed E-state index contributed by atoms with van der Waals surface area (Å²) in [5, 5.41) is 24.2. The van der Waals surface area contributed by atoms with E-state index in [4.69, 9.17) is 9.72 Å². The zero-order valence-electron chi connectivity index (χ0n) is 40.6. The lowest BCUT2D eigenvalue weighted by molar-refractivity contribution is -0.136. The van der Waals surface area contributed by atoms with Crippen molar-refractivity contribution in [3.8, 4) is 23.0 Å². The Morgan fingerprint density at radius 1 is 0.847 bits per heavy atom. The average molecular weight is 988 g/mol. The summed E-state index contributed by atoms with van der Waals surface area (Å²) in [5.41, 5.74) is 1.46. The molecule has 378 valence electrons. The molecule has 5 aliphatic heterocycles. The van der Waals surface area contributed by atoms with Gasteiger partial charge in [0.25, 0.3) is 5.91 Å². The fourth-order valence-electron chi connectivity index (χ4n) is 12.9. The molecule has 0 bridgehead atoms. The third kappa shape index (κ3) is 8.76. The van der Waals surface area contributed by atoms with Crippen molar-refractivity contribution in [2.75, 3.05) is 81.9 Å². The van der Waals surface area contributed by atoms with Crippen LogP contribution in [0.15, 0.2) is 48.7 Å². The minimum absolute atomic E-state index is 0.0106. The maximum absolute atomic E-state index is 16.9. The van der Waals surface area contributed by atoms with Crippen molar-refractivity contribution >= 4 is 50.9 Å². The Morgan fingerprint density at radius 2 is 1.64 bits per heavy atom. The highest BCUT2D eigenvalue weighted by Crippen LogP contribution is 2.54. The van der Waals surface area contributed by atoms with Gasteiger partial charge < -0.3 is 34.5 Å². The Kier molecular flexibility index (Phi) is 11.6. The van der Waals surface area contributed by atoms with Gasteiger partial charge in [-0.05, 0) is 136 Å². The largest absolute Gasteiger partial charge is 0.508 e. The molecule has 7 aliphatic rings. The van der Waals surface area contributed by atoms with Gasteiger partial charge in [0.2, 0.25) is 11.8 Å². The van der Waals surface area contributed by atoms with Crippen LogP contribution < -0.4 is 19.9 Å². The van der Waals surface area contributed by atoms with E-state index in [2.05, 4.69) is 36.1 Å². The zero-order valence-corrected chi connectivity index (χ0v) is 40.6. The van der Waals surface area contributed by atoms with Gasteiger partial charge in [-0.25, -0.2) is 13.2 Å². The number of likely N-dealkylation sites (tertiary alicyclic amines) is 1. The van der Waals surface area contributed by atoms with Crippen LogP contribution in [0.5, 0.6) is 11.8 Å². The number of amides is 3. The Bertz CT molecular complexity index is 3020. The van der Waals surface area contributed by atoms with Crippen LogP contribution >= 0.6 is 0 Å². The number of benzene rings is 3. The van der Waals surface area contributed by atoms with E-state index < -0.39 is 35.0 Å². The third-order valence-corrected chi connectivity index (χ3v) is 17.0. The van der Waals surface area contributed by atoms with E-state index in [1.54, 1.807) is 11.8 Å². The summed E-state index contributed by atoms with van der Waals surface area (Å²) in [7, 11) is 0. The predicted octanol–water partition coefficient (Wildman–Crippen LogP) is 6.55. The fraction of sp³-hybridized carbons (Fsp3) is 0.519. The van der Waals surface area contributed by atoms with Crippen LogP contribution in [0.2, 0.25) is 0 Å². The highest BCUT2D eigenvalue weighted by atomic mass is 19.2. The van der Waals surface area contributed by atoms with Gasteiger partial charge in [0.1, 0.15) is 28.8 Å². The maximum Gasteiger partial charge on any atom is 0.319 e. The second-order valence-corrected chi connectivity index (χ2v) is 22.4. The summed E-state index contributed by atoms with van der Waals surface area (Å²) in [5.74, 6) is -3.20. The van der Waals surface area contributed by atoms with E-state index in [9.17, 15) is 29.0 Å². The monoisotopic (exact) mass is 987 g/mol. The number of phenols is 1. The molecule has 2 aliphatic carbocycles. The number of carbonyl (C=O) groups excluding carboxylic acids is 3. The van der Waals surface area contributed by atoms with Gasteiger partial charge in [-0.2, -0.15) is 9.97 Å². The summed E-state index contributed by atoms with van der Waals surface area (Å²) >= 11 is 0. The van der Waals surface area contributed by atoms with E-state index in [0.717, 1.165) is 82.5 Å². The van der Waals surface area contributed by atoms with Gasteiger partial charge in [0.15, 0.2) is 17.5 Å². The number of anilines is 2. The Morgan fingerprint density at radius 3 is 2.39 bits per heavy atom. The van der Waals surface area contributed by atoms with Crippen molar-refractivity contribution in [3.63, 3.8) is 0 Å². The number of pyridine rings is 1. The second-order valence-electron chi connectivity index (χ2n) is 22.4. The molecule has 15 nitrogen and oxygen atoms in total. The zero-order chi connectivity index (χ0) is 49.7. The summed E-state index contributed by atoms with van der Waals surface area (Å²) in [6.45, 7) is 11.2. The van der Waals surface area contributed by atoms with Crippen LogP contribution in [0.25, 0.3) is 32.9 Å². The van der Waals surface area contributed by atoms with Crippen LogP contribution in [0.3, 0.4) is 0 Å². The van der Waals surface area contributed by atoms with E-state index in [-0.39, 0.29) is 74.9 Å². The first kappa shape index (κ1) is 46.9. The summed E-state index contributed by atoms with van der Waals surface area (Å²) < 4.78 is 53.2. The molecular formula is C54H60F3N9O6. The molecule has 3 aromatic carbocycles. The molecule has 0 unspecified atom stereocenters. The van der Waals surface area contributed by atoms with Gasteiger partial charge >= 0.3 is 6.01 Å². The van der Waals surface area contributed by atoms with Gasteiger partial charge in [0.05, 0.1) is 17.6 Å². The molecule has 2 atom stereocenters. The van der Waals surface area contributed by atoms with Crippen molar-refractivity contribution in [1.82, 2.24) is 35.0 Å². The SMILES string of the molecule is C[C@@]1(O)CCCN(c2nc(OCC3(CN4CCC5(CC4)CC(CN4CCN(c6ccc7c(c6)CN([C@H]6CCC(=O)NC6=O)C7=O)CC4)C5)CC3)nc3c(F)c(-c4cc(O)cc5ccc(F)c(F)c45)ncc23)C1. The number of nitrogens with zero attached hydrogens (tertiary/aromatic N) is 8. The average Bonchev–Trinajstić information content (AvgIpc) is 4.04. The normalized spacial score (nSPS) is 24.5. The van der Waals surface area contributed by atoms with E-state index in [0.29, 0.717) is 61.7 Å². The lowest BCUT2D eigenvalue weighted by Gasteiger charge is -2.54. The number of aliphatic hydroxyl groups is 1. The second kappa shape index (κ2) is 17.8. The first-order chi connectivity index (χ1) is 34.6. The predicted molar refractivity (Wildman–Crippen MR) is 263 cm³/mol. The van der Waals surface area contributed by atoms with Crippen molar-refractivity contribution in [2.45, 2.75) is 89.3 Å². The first-order valence-electron chi connectivity index (χ1n) is 25.7. The number of piperazine rings is 1. The number of rotatable bonds is 11. The molecule has 4 saturated heterocycles. The number of β-amino-alcohol motifs (C(OH)–C–C–N with tert-alkyl or cyclic N) is 1. The number of aromatic hydroxyl groups is 1. The molecule has 1 spiro atoms. The van der Waals surface area contributed by atoms with Crippen LogP contribution in [0.1, 0.15) is 87.1 Å². The number of fused-ring (bicyclic) bond motifs is 3. The summed E-state index contributed by atoms with van der Waals surface area (Å²) in [6.07, 6.45) is 10.1. The van der Waals surface area contributed by atoms with Crippen molar-refractivity contribution in [3.05, 3.63) is 77.2 Å². The molecule has 2 saturated carbocycles. The molecule has 7 heterocycles. The van der Waals surface area contributed by atoms with Gasteiger partial charge in [-0.1, -0.05) is 6.07 Å². The van der Waals surface area contributed by atoms with Crippen LogP contribution in [-0.4, -0.2) is 141 Å². The van der Waals surface area contributed by atoms with Crippen LogP contribution in [-0.2, 0) is 16.1 Å². The molecule has 0 radical (unpaired) electrons. The van der Waals surface area contributed by atoms with E-state index in [1.165, 1.54) is 50.1 Å². The van der Waals surface area contributed by atoms with E-state index >= 15 is 8.78 Å². The minimum atomic E-state index is -1.18. The third-order valence-electron chi connectivity index (χ3n) is 17.0. The number of piperidine rings is 3. The van der Waals surface area contributed by atoms with Crippen LogP contribution in [0.4, 0.5) is 24.7 Å². The smallest absolute Gasteiger partial charge is 0.319 e. The molecule has 3 N–H and O–H groups in total. The topological polar surface area (TPSA) is 168 Å².